The third kappa shape index (κ3) is 3.29. The lowest BCUT2D eigenvalue weighted by atomic mass is 9.86. The highest BCUT2D eigenvalue weighted by atomic mass is 16.2. The number of rotatable bonds is 4. The zero-order chi connectivity index (χ0) is 18.2. The number of nitrogens with zero attached hydrogens (tertiary/aromatic N) is 3. The summed E-state index contributed by atoms with van der Waals surface area (Å²) in [5.74, 6) is 0.113. The zero-order valence-corrected chi connectivity index (χ0v) is 15.8. The molecule has 1 N–H and O–H groups in total. The fraction of sp³-hybridized carbons (Fsp3) is 0.545. The van der Waals surface area contributed by atoms with E-state index in [2.05, 4.69) is 34.5 Å². The van der Waals surface area contributed by atoms with Crippen LogP contribution in [-0.4, -0.2) is 39.7 Å². The number of aromatic nitrogens is 2. The number of amides is 1. The molecule has 2 atom stereocenters. The number of aryl methyl sites for hydroxylation is 1. The molecule has 2 heterocycles. The standard InChI is InChI=1S/C22H28N4O/c27-22(20-12-14-25(24-20)18-7-4-13-23-15-18)26(17-10-11-17)21-9-3-6-16-5-1-2-8-19(16)21/h1-2,5,8,12,14,17-18,21,23H,3-4,6-7,9-11,13,15H2. The number of hydrogen-bond acceptors (Lipinski definition) is 3. The Hall–Kier alpha value is -2.14. The van der Waals surface area contributed by atoms with Crippen molar-refractivity contribution in [2.24, 2.45) is 0 Å². The van der Waals surface area contributed by atoms with Crippen LogP contribution in [0.5, 0.6) is 0 Å². The van der Waals surface area contributed by atoms with Gasteiger partial charge in [0.25, 0.3) is 5.91 Å². The molecule has 142 valence electrons. The minimum Gasteiger partial charge on any atom is -0.327 e. The predicted octanol–water partition coefficient (Wildman–Crippen LogP) is 3.49. The smallest absolute Gasteiger partial charge is 0.275 e. The third-order valence-electron chi connectivity index (χ3n) is 6.32. The molecule has 1 saturated heterocycles. The number of fused-ring (bicyclic) bond motifs is 1. The van der Waals surface area contributed by atoms with Crippen LogP contribution in [0.25, 0.3) is 0 Å². The first-order valence-corrected chi connectivity index (χ1v) is 10.5. The van der Waals surface area contributed by atoms with E-state index < -0.39 is 0 Å². The van der Waals surface area contributed by atoms with Crippen LogP contribution in [0.3, 0.4) is 0 Å². The summed E-state index contributed by atoms with van der Waals surface area (Å²) >= 11 is 0. The highest BCUT2D eigenvalue weighted by Gasteiger charge is 2.40. The van der Waals surface area contributed by atoms with Crippen LogP contribution in [0, 0.1) is 0 Å². The van der Waals surface area contributed by atoms with Crippen molar-refractivity contribution in [1.82, 2.24) is 20.0 Å². The molecular weight excluding hydrogens is 336 g/mol. The summed E-state index contributed by atoms with van der Waals surface area (Å²) in [6, 6.07) is 11.5. The van der Waals surface area contributed by atoms with E-state index in [-0.39, 0.29) is 11.9 Å². The van der Waals surface area contributed by atoms with Crippen LogP contribution in [0.2, 0.25) is 0 Å². The summed E-state index contributed by atoms with van der Waals surface area (Å²) in [5.41, 5.74) is 3.36. The fourth-order valence-electron chi connectivity index (χ4n) is 4.78. The molecule has 27 heavy (non-hydrogen) atoms. The molecular formula is C22H28N4O. The largest absolute Gasteiger partial charge is 0.327 e. The third-order valence-corrected chi connectivity index (χ3v) is 6.32. The van der Waals surface area contributed by atoms with Gasteiger partial charge in [-0.2, -0.15) is 5.10 Å². The topological polar surface area (TPSA) is 50.2 Å². The van der Waals surface area contributed by atoms with Gasteiger partial charge in [-0.25, -0.2) is 0 Å². The highest BCUT2D eigenvalue weighted by molar-refractivity contribution is 5.93. The van der Waals surface area contributed by atoms with Crippen LogP contribution < -0.4 is 5.32 Å². The summed E-state index contributed by atoms with van der Waals surface area (Å²) in [5, 5.41) is 8.13. The van der Waals surface area contributed by atoms with Gasteiger partial charge in [0.1, 0.15) is 5.69 Å². The molecule has 1 aromatic heterocycles. The van der Waals surface area contributed by atoms with Crippen molar-refractivity contribution in [1.29, 1.82) is 0 Å². The summed E-state index contributed by atoms with van der Waals surface area (Å²) < 4.78 is 2.00. The Bertz CT molecular complexity index is 819. The van der Waals surface area contributed by atoms with Crippen molar-refractivity contribution < 1.29 is 4.79 Å². The minimum absolute atomic E-state index is 0.113. The summed E-state index contributed by atoms with van der Waals surface area (Å²) in [6.45, 7) is 2.03. The molecule has 1 aromatic carbocycles. The molecule has 0 bridgehead atoms. The fourth-order valence-corrected chi connectivity index (χ4v) is 4.78. The number of carbonyl (C=O) groups is 1. The molecule has 2 aliphatic carbocycles. The van der Waals surface area contributed by atoms with E-state index in [0.29, 0.717) is 17.8 Å². The molecule has 1 aliphatic heterocycles. The van der Waals surface area contributed by atoms with Gasteiger partial charge in [0.2, 0.25) is 0 Å². The van der Waals surface area contributed by atoms with Gasteiger partial charge in [0.05, 0.1) is 12.1 Å². The molecule has 0 spiro atoms. The van der Waals surface area contributed by atoms with Gasteiger partial charge in [0, 0.05) is 18.8 Å². The van der Waals surface area contributed by atoms with Crippen molar-refractivity contribution in [3.05, 3.63) is 53.3 Å². The van der Waals surface area contributed by atoms with Crippen molar-refractivity contribution in [3.63, 3.8) is 0 Å². The normalized spacial score (nSPS) is 25.0. The maximum Gasteiger partial charge on any atom is 0.275 e. The maximum atomic E-state index is 13.5. The number of piperidine rings is 1. The van der Waals surface area contributed by atoms with Crippen LogP contribution in [0.15, 0.2) is 36.5 Å². The lowest BCUT2D eigenvalue weighted by Gasteiger charge is -2.36. The van der Waals surface area contributed by atoms with Crippen molar-refractivity contribution in [3.8, 4) is 0 Å². The quantitative estimate of drug-likeness (QED) is 0.903. The molecule has 1 saturated carbocycles. The summed E-state index contributed by atoms with van der Waals surface area (Å²) in [6.07, 6.45) is 9.88. The Balaban J connectivity index is 1.42. The number of nitrogens with one attached hydrogen (secondary N) is 1. The molecule has 5 rings (SSSR count). The first-order valence-electron chi connectivity index (χ1n) is 10.5. The number of hydrogen-bond donors (Lipinski definition) is 1. The number of benzene rings is 1. The molecule has 3 aliphatic rings. The second-order valence-corrected chi connectivity index (χ2v) is 8.23. The Kier molecular flexibility index (Phi) is 4.48. The first-order chi connectivity index (χ1) is 13.3. The van der Waals surface area contributed by atoms with E-state index in [9.17, 15) is 4.79 Å². The minimum atomic E-state index is 0.113. The van der Waals surface area contributed by atoms with Gasteiger partial charge in [-0.3, -0.25) is 9.48 Å². The molecule has 2 fully saturated rings. The van der Waals surface area contributed by atoms with Crippen LogP contribution in [-0.2, 0) is 6.42 Å². The van der Waals surface area contributed by atoms with E-state index >= 15 is 0 Å². The van der Waals surface area contributed by atoms with E-state index in [4.69, 9.17) is 5.10 Å². The second kappa shape index (κ2) is 7.12. The van der Waals surface area contributed by atoms with Crippen LogP contribution in [0.1, 0.15) is 72.2 Å². The first kappa shape index (κ1) is 17.0. The van der Waals surface area contributed by atoms with Gasteiger partial charge >= 0.3 is 0 Å². The van der Waals surface area contributed by atoms with Gasteiger partial charge < -0.3 is 10.2 Å². The lowest BCUT2D eigenvalue weighted by molar-refractivity contribution is 0.0630. The van der Waals surface area contributed by atoms with E-state index in [0.717, 1.165) is 51.6 Å². The summed E-state index contributed by atoms with van der Waals surface area (Å²) in [7, 11) is 0. The van der Waals surface area contributed by atoms with E-state index in [1.807, 2.05) is 16.9 Å². The Morgan fingerprint density at radius 3 is 2.81 bits per heavy atom. The van der Waals surface area contributed by atoms with Crippen LogP contribution in [0.4, 0.5) is 0 Å². The summed E-state index contributed by atoms with van der Waals surface area (Å²) in [4.78, 5) is 15.6. The predicted molar refractivity (Wildman–Crippen MR) is 105 cm³/mol. The van der Waals surface area contributed by atoms with Crippen molar-refractivity contribution >= 4 is 5.91 Å². The monoisotopic (exact) mass is 364 g/mol. The number of carbonyl (C=O) groups excluding carboxylic acids is 1. The highest BCUT2D eigenvalue weighted by Crippen LogP contribution is 2.41. The van der Waals surface area contributed by atoms with Gasteiger partial charge in [-0.05, 0) is 68.7 Å². The Morgan fingerprint density at radius 2 is 2.00 bits per heavy atom. The molecule has 2 aromatic rings. The van der Waals surface area contributed by atoms with Crippen molar-refractivity contribution in [2.45, 2.75) is 63.1 Å². The SMILES string of the molecule is O=C(c1ccn(C2CCCNC2)n1)N(C1CC1)C1CCCc2ccccc21. The second-order valence-electron chi connectivity index (χ2n) is 8.23. The Morgan fingerprint density at radius 1 is 1.11 bits per heavy atom. The van der Waals surface area contributed by atoms with Gasteiger partial charge in [-0.15, -0.1) is 0 Å². The van der Waals surface area contributed by atoms with Gasteiger partial charge in [-0.1, -0.05) is 24.3 Å². The van der Waals surface area contributed by atoms with E-state index in [1.165, 1.54) is 17.5 Å². The zero-order valence-electron chi connectivity index (χ0n) is 15.8. The van der Waals surface area contributed by atoms with Crippen molar-refractivity contribution in [2.75, 3.05) is 13.1 Å². The maximum absolute atomic E-state index is 13.5. The average molecular weight is 364 g/mol. The molecule has 2 unspecified atom stereocenters. The Labute approximate surface area is 160 Å². The van der Waals surface area contributed by atoms with Crippen LogP contribution >= 0.6 is 0 Å². The lowest BCUT2D eigenvalue weighted by Crippen LogP contribution is -2.39. The molecule has 5 nitrogen and oxygen atoms in total. The molecule has 0 radical (unpaired) electrons. The van der Waals surface area contributed by atoms with E-state index in [1.54, 1.807) is 0 Å². The molecule has 5 heteroatoms. The van der Waals surface area contributed by atoms with Gasteiger partial charge in [0.15, 0.2) is 0 Å². The average Bonchev–Trinajstić information content (AvgIpc) is 3.43. The molecule has 1 amide bonds.